The largest absolute Gasteiger partial charge is 0.492 e. The van der Waals surface area contributed by atoms with E-state index in [1.54, 1.807) is 30.3 Å². The Labute approximate surface area is 169 Å². The molecule has 1 amide bonds. The van der Waals surface area contributed by atoms with Crippen molar-refractivity contribution in [1.29, 1.82) is 0 Å². The molecule has 0 radical (unpaired) electrons. The summed E-state index contributed by atoms with van der Waals surface area (Å²) in [6.07, 6.45) is -5.09. The van der Waals surface area contributed by atoms with Crippen LogP contribution < -0.4 is 10.3 Å². The van der Waals surface area contributed by atoms with Gasteiger partial charge in [-0.1, -0.05) is 18.2 Å². The smallest absolute Gasteiger partial charge is 0.406 e. The van der Waals surface area contributed by atoms with E-state index in [4.69, 9.17) is 4.74 Å². The second kappa shape index (κ2) is 10.4. The van der Waals surface area contributed by atoms with Gasteiger partial charge < -0.3 is 14.4 Å². The molecule has 0 unspecified atom stereocenters. The lowest BCUT2D eigenvalue weighted by atomic mass is 10.3. The van der Waals surface area contributed by atoms with Crippen molar-refractivity contribution in [2.24, 2.45) is 0 Å². The van der Waals surface area contributed by atoms with Crippen LogP contribution in [-0.4, -0.2) is 59.5 Å². The van der Waals surface area contributed by atoms with Crippen molar-refractivity contribution >= 4 is 11.9 Å². The molecular weight excluding hydrogens is 407 g/mol. The van der Waals surface area contributed by atoms with E-state index < -0.39 is 43.1 Å². The van der Waals surface area contributed by atoms with Crippen LogP contribution >= 0.6 is 0 Å². The van der Waals surface area contributed by atoms with Gasteiger partial charge >= 0.3 is 12.1 Å². The van der Waals surface area contributed by atoms with Crippen molar-refractivity contribution in [2.75, 3.05) is 26.8 Å². The van der Waals surface area contributed by atoms with Crippen molar-refractivity contribution < 1.29 is 32.2 Å². The van der Waals surface area contributed by atoms with Gasteiger partial charge in [0, 0.05) is 12.6 Å². The predicted molar refractivity (Wildman–Crippen MR) is 99.0 cm³/mol. The van der Waals surface area contributed by atoms with Crippen molar-refractivity contribution in [3.05, 3.63) is 58.5 Å². The summed E-state index contributed by atoms with van der Waals surface area (Å²) in [4.78, 5) is 36.2. The maximum Gasteiger partial charge on any atom is 0.406 e. The molecule has 1 aromatic heterocycles. The number of nitrogens with zero attached hydrogens (tertiary/aromatic N) is 3. The van der Waals surface area contributed by atoms with E-state index in [0.29, 0.717) is 10.6 Å². The van der Waals surface area contributed by atoms with Gasteiger partial charge in [0.05, 0.1) is 20.1 Å². The van der Waals surface area contributed by atoms with Gasteiger partial charge in [0.2, 0.25) is 0 Å². The highest BCUT2D eigenvalue weighted by Crippen LogP contribution is 2.18. The molecule has 30 heavy (non-hydrogen) atoms. The first-order valence-electron chi connectivity index (χ1n) is 8.88. The minimum atomic E-state index is -4.68. The van der Waals surface area contributed by atoms with Crippen LogP contribution in [0.4, 0.5) is 13.2 Å². The summed E-state index contributed by atoms with van der Waals surface area (Å²) in [6.45, 7) is -2.04. The molecule has 0 N–H and O–H groups in total. The van der Waals surface area contributed by atoms with Crippen molar-refractivity contribution in [2.45, 2.75) is 19.1 Å². The van der Waals surface area contributed by atoms with Gasteiger partial charge in [0.1, 0.15) is 24.6 Å². The van der Waals surface area contributed by atoms with Crippen molar-refractivity contribution in [3.8, 4) is 5.75 Å². The second-order valence-electron chi connectivity index (χ2n) is 6.11. The molecule has 0 atom stereocenters. The van der Waals surface area contributed by atoms with Gasteiger partial charge in [-0.15, -0.1) is 0 Å². The van der Waals surface area contributed by atoms with Crippen LogP contribution in [-0.2, 0) is 16.1 Å². The summed E-state index contributed by atoms with van der Waals surface area (Å²) in [5.74, 6) is -1.25. The third kappa shape index (κ3) is 7.22. The van der Waals surface area contributed by atoms with Gasteiger partial charge in [0.15, 0.2) is 0 Å². The number of carbonyl (C=O) groups excluding carboxylic acids is 2. The minimum absolute atomic E-state index is 0.0176. The lowest BCUT2D eigenvalue weighted by Gasteiger charge is -2.23. The number of halogens is 3. The molecule has 0 aliphatic carbocycles. The topological polar surface area (TPSA) is 90.7 Å². The van der Waals surface area contributed by atoms with Crippen LogP contribution in [0, 0.1) is 0 Å². The number of methoxy groups -OCH3 is 1. The maximum absolute atomic E-state index is 12.9. The summed E-state index contributed by atoms with van der Waals surface area (Å²) >= 11 is 0. The van der Waals surface area contributed by atoms with Crippen LogP contribution in [0.3, 0.4) is 0 Å². The third-order valence-corrected chi connectivity index (χ3v) is 3.87. The maximum atomic E-state index is 12.9. The molecule has 1 aromatic carbocycles. The molecule has 0 saturated carbocycles. The van der Waals surface area contributed by atoms with Gasteiger partial charge in [-0.25, -0.2) is 4.68 Å². The third-order valence-electron chi connectivity index (χ3n) is 3.87. The number of amides is 1. The fourth-order valence-electron chi connectivity index (χ4n) is 2.45. The first kappa shape index (κ1) is 22.9. The molecule has 2 rings (SSSR count). The summed E-state index contributed by atoms with van der Waals surface area (Å²) in [7, 11) is 1.09. The molecule has 0 saturated heterocycles. The summed E-state index contributed by atoms with van der Waals surface area (Å²) in [5.41, 5.74) is -0.899. The lowest BCUT2D eigenvalue weighted by molar-refractivity contribution is -0.147. The number of hydrogen-bond donors (Lipinski definition) is 0. The van der Waals surface area contributed by atoms with Gasteiger partial charge in [-0.2, -0.15) is 18.3 Å². The summed E-state index contributed by atoms with van der Waals surface area (Å²) in [6, 6.07) is 10.8. The van der Waals surface area contributed by atoms with E-state index in [0.717, 1.165) is 23.9 Å². The van der Waals surface area contributed by atoms with Crippen molar-refractivity contribution in [3.63, 3.8) is 0 Å². The Morgan fingerprint density at radius 2 is 1.83 bits per heavy atom. The number of rotatable bonds is 9. The zero-order valence-electron chi connectivity index (χ0n) is 16.1. The zero-order valence-corrected chi connectivity index (χ0v) is 16.1. The zero-order chi connectivity index (χ0) is 22.1. The first-order valence-corrected chi connectivity index (χ1v) is 8.88. The number of ether oxygens (including phenoxy) is 2. The number of para-hydroxylation sites is 1. The normalized spacial score (nSPS) is 11.1. The molecule has 162 valence electrons. The Kier molecular flexibility index (Phi) is 7.96. The molecule has 0 aliphatic heterocycles. The molecule has 0 aliphatic rings. The fraction of sp³-hybridized carbons (Fsp3) is 0.368. The second-order valence-corrected chi connectivity index (χ2v) is 6.11. The van der Waals surface area contributed by atoms with Crippen LogP contribution in [0.25, 0.3) is 0 Å². The average Bonchev–Trinajstić information content (AvgIpc) is 2.71. The number of benzene rings is 1. The van der Waals surface area contributed by atoms with Crippen LogP contribution in [0.5, 0.6) is 5.75 Å². The fourth-order valence-corrected chi connectivity index (χ4v) is 2.45. The van der Waals surface area contributed by atoms with Crippen LogP contribution in [0.2, 0.25) is 0 Å². The number of esters is 1. The Bertz CT molecular complexity index is 916. The van der Waals surface area contributed by atoms with E-state index in [-0.39, 0.29) is 18.8 Å². The van der Waals surface area contributed by atoms with E-state index in [9.17, 15) is 27.6 Å². The lowest BCUT2D eigenvalue weighted by Crippen LogP contribution is -2.41. The molecular formula is C19H20F3N3O5. The molecule has 0 bridgehead atoms. The van der Waals surface area contributed by atoms with Crippen LogP contribution in [0.1, 0.15) is 16.9 Å². The van der Waals surface area contributed by atoms with E-state index in [2.05, 4.69) is 9.84 Å². The standard InChI is InChI=1S/C19H20F3N3O5/c1-29-17(27)9-10-24(13-19(20,21)22)18(28)15-7-8-16(26)25(23-15)11-12-30-14-5-3-2-4-6-14/h2-8H,9-13H2,1H3. The Balaban J connectivity index is 2.12. The summed E-state index contributed by atoms with van der Waals surface area (Å²) < 4.78 is 49.4. The Morgan fingerprint density at radius 3 is 2.47 bits per heavy atom. The quantitative estimate of drug-likeness (QED) is 0.568. The van der Waals surface area contributed by atoms with Crippen LogP contribution in [0.15, 0.2) is 47.3 Å². The van der Waals surface area contributed by atoms with E-state index in [1.165, 1.54) is 0 Å². The van der Waals surface area contributed by atoms with E-state index >= 15 is 0 Å². The average molecular weight is 427 g/mol. The molecule has 0 spiro atoms. The number of hydrogen-bond acceptors (Lipinski definition) is 6. The summed E-state index contributed by atoms with van der Waals surface area (Å²) in [5, 5.41) is 3.85. The highest BCUT2D eigenvalue weighted by molar-refractivity contribution is 5.92. The predicted octanol–water partition coefficient (Wildman–Crippen LogP) is 1.89. The molecule has 2 aromatic rings. The highest BCUT2D eigenvalue weighted by Gasteiger charge is 2.34. The van der Waals surface area contributed by atoms with Gasteiger partial charge in [-0.3, -0.25) is 14.4 Å². The molecule has 0 fully saturated rings. The molecule has 11 heteroatoms. The number of carbonyl (C=O) groups is 2. The SMILES string of the molecule is COC(=O)CCN(CC(F)(F)F)C(=O)c1ccc(=O)n(CCOc2ccccc2)n1. The molecule has 8 nitrogen and oxygen atoms in total. The molecule has 1 heterocycles. The first-order chi connectivity index (χ1) is 14.2. The highest BCUT2D eigenvalue weighted by atomic mass is 19.4. The van der Waals surface area contributed by atoms with Gasteiger partial charge in [0.25, 0.3) is 11.5 Å². The monoisotopic (exact) mass is 427 g/mol. The van der Waals surface area contributed by atoms with Crippen molar-refractivity contribution in [1.82, 2.24) is 14.7 Å². The number of alkyl halides is 3. The minimum Gasteiger partial charge on any atom is -0.492 e. The van der Waals surface area contributed by atoms with Gasteiger partial charge in [-0.05, 0) is 18.2 Å². The Hall–Kier alpha value is -3.37. The van der Waals surface area contributed by atoms with E-state index in [1.807, 2.05) is 0 Å². The number of aromatic nitrogens is 2. The Morgan fingerprint density at radius 1 is 1.13 bits per heavy atom.